The number of alkyl halides is 3. The fourth-order valence-corrected chi connectivity index (χ4v) is 4.02. The molecule has 200 valence electrons. The lowest BCUT2D eigenvalue weighted by Gasteiger charge is -2.18. The molecule has 0 radical (unpaired) electrons. The average molecular weight is 536 g/mol. The number of aryl methyl sites for hydroxylation is 2. The van der Waals surface area contributed by atoms with Crippen molar-refractivity contribution < 1.29 is 23.0 Å². The topological polar surface area (TPSA) is 102 Å². The summed E-state index contributed by atoms with van der Waals surface area (Å²) in [4.78, 5) is 4.28. The zero-order chi connectivity index (χ0) is 27.6. The number of benzene rings is 3. The van der Waals surface area contributed by atoms with Crippen molar-refractivity contribution in [2.75, 3.05) is 10.6 Å². The number of aliphatic hydroxyl groups is 1. The zero-order valence-electron chi connectivity index (χ0n) is 20.9. The van der Waals surface area contributed by atoms with Crippen molar-refractivity contribution in [3.8, 4) is 28.5 Å². The lowest BCUT2D eigenvalue weighted by molar-refractivity contribution is -0.274. The van der Waals surface area contributed by atoms with Crippen molar-refractivity contribution in [3.63, 3.8) is 0 Å². The number of hydrogen-bond donors (Lipinski definition) is 3. The first-order valence-corrected chi connectivity index (χ1v) is 11.9. The Morgan fingerprint density at radius 1 is 0.923 bits per heavy atom. The third-order valence-electron chi connectivity index (χ3n) is 5.78. The van der Waals surface area contributed by atoms with Crippen LogP contribution in [0.5, 0.6) is 5.75 Å². The van der Waals surface area contributed by atoms with Crippen molar-refractivity contribution >= 4 is 11.5 Å². The number of anilines is 2. The number of aliphatic hydroxyl groups excluding tert-OH is 1. The fourth-order valence-electron chi connectivity index (χ4n) is 4.02. The molecule has 3 aromatic carbocycles. The molecule has 5 aromatic rings. The highest BCUT2D eigenvalue weighted by Gasteiger charge is 2.31. The summed E-state index contributed by atoms with van der Waals surface area (Å²) in [6.07, 6.45) is -2.73. The summed E-state index contributed by atoms with van der Waals surface area (Å²) >= 11 is 0. The van der Waals surface area contributed by atoms with Crippen LogP contribution in [0.15, 0.2) is 85.3 Å². The number of ether oxygens (including phenoxy) is 1. The fraction of sp³-hybridized carbons (Fsp3) is 0.148. The van der Waals surface area contributed by atoms with E-state index in [1.165, 1.54) is 35.3 Å². The monoisotopic (exact) mass is 535 g/mol. The third kappa shape index (κ3) is 6.18. The molecule has 9 nitrogen and oxygen atoms in total. The van der Waals surface area contributed by atoms with Gasteiger partial charge >= 0.3 is 6.36 Å². The summed E-state index contributed by atoms with van der Waals surface area (Å²) < 4.78 is 44.2. The second-order valence-electron chi connectivity index (χ2n) is 8.74. The van der Waals surface area contributed by atoms with Crippen LogP contribution < -0.4 is 15.4 Å². The molecule has 0 aliphatic carbocycles. The number of aromatic nitrogens is 5. The van der Waals surface area contributed by atoms with Gasteiger partial charge in [0.25, 0.3) is 0 Å². The van der Waals surface area contributed by atoms with E-state index in [9.17, 15) is 18.3 Å². The van der Waals surface area contributed by atoms with Crippen LogP contribution in [0.4, 0.5) is 24.7 Å². The summed E-state index contributed by atoms with van der Waals surface area (Å²) in [6.45, 7) is 4.03. The van der Waals surface area contributed by atoms with Gasteiger partial charge in [0.05, 0.1) is 17.6 Å². The first kappa shape index (κ1) is 25.8. The van der Waals surface area contributed by atoms with Crippen LogP contribution in [0, 0.1) is 13.8 Å². The van der Waals surface area contributed by atoms with Gasteiger partial charge < -0.3 is 20.5 Å². The molecule has 0 saturated heterocycles. The first-order chi connectivity index (χ1) is 18.6. The maximum Gasteiger partial charge on any atom is 0.573 e. The van der Waals surface area contributed by atoms with E-state index in [2.05, 4.69) is 36.6 Å². The van der Waals surface area contributed by atoms with Gasteiger partial charge in [0.1, 0.15) is 17.9 Å². The van der Waals surface area contributed by atoms with E-state index in [0.29, 0.717) is 28.6 Å². The highest BCUT2D eigenvalue weighted by molar-refractivity contribution is 5.60. The van der Waals surface area contributed by atoms with Crippen LogP contribution in [-0.2, 0) is 0 Å². The van der Waals surface area contributed by atoms with E-state index in [1.54, 1.807) is 41.2 Å². The van der Waals surface area contributed by atoms with E-state index in [4.69, 9.17) is 0 Å². The van der Waals surface area contributed by atoms with E-state index >= 15 is 0 Å². The largest absolute Gasteiger partial charge is 0.573 e. The highest BCUT2D eigenvalue weighted by Crippen LogP contribution is 2.25. The molecule has 1 unspecified atom stereocenters. The molecule has 2 aromatic heterocycles. The Labute approximate surface area is 221 Å². The SMILES string of the molecule is Cc1ccc(-n2nccc2NC(O)Nc2ccc(-c3ncn(-c4ccc(OC(F)(F)F)cc4)n3)cc2)c(C)c1. The molecule has 2 heterocycles. The lowest BCUT2D eigenvalue weighted by atomic mass is 10.1. The van der Waals surface area contributed by atoms with Gasteiger partial charge in [-0.25, -0.2) is 14.3 Å². The van der Waals surface area contributed by atoms with Gasteiger partial charge in [-0.3, -0.25) is 0 Å². The number of halogens is 3. The van der Waals surface area contributed by atoms with Crippen molar-refractivity contribution in [1.82, 2.24) is 24.5 Å². The molecular weight excluding hydrogens is 511 g/mol. The van der Waals surface area contributed by atoms with Gasteiger partial charge in [-0.2, -0.15) is 5.10 Å². The number of rotatable bonds is 8. The van der Waals surface area contributed by atoms with E-state index < -0.39 is 12.7 Å². The second-order valence-corrected chi connectivity index (χ2v) is 8.74. The molecule has 0 spiro atoms. The number of nitrogens with zero attached hydrogens (tertiary/aromatic N) is 5. The van der Waals surface area contributed by atoms with Gasteiger partial charge in [0, 0.05) is 17.3 Å². The summed E-state index contributed by atoms with van der Waals surface area (Å²) in [5.41, 5.74) is 5.00. The smallest absolute Gasteiger partial charge is 0.406 e. The van der Waals surface area contributed by atoms with Crippen LogP contribution in [0.25, 0.3) is 22.8 Å². The molecule has 0 aliphatic heterocycles. The summed E-state index contributed by atoms with van der Waals surface area (Å²) in [6, 6.07) is 20.3. The Morgan fingerprint density at radius 2 is 1.67 bits per heavy atom. The van der Waals surface area contributed by atoms with E-state index in [-0.39, 0.29) is 5.75 Å². The number of hydrogen-bond acceptors (Lipinski definition) is 7. The molecular formula is C27H24F3N7O2. The minimum Gasteiger partial charge on any atom is -0.406 e. The maximum atomic E-state index is 12.4. The summed E-state index contributed by atoms with van der Waals surface area (Å²) in [7, 11) is 0. The van der Waals surface area contributed by atoms with Gasteiger partial charge in [-0.1, -0.05) is 17.7 Å². The summed E-state index contributed by atoms with van der Waals surface area (Å²) in [5.74, 6) is 0.723. The normalized spacial score (nSPS) is 12.3. The predicted octanol–water partition coefficient (Wildman–Crippen LogP) is 5.44. The zero-order valence-corrected chi connectivity index (χ0v) is 20.9. The molecule has 0 fully saturated rings. The molecule has 0 bridgehead atoms. The van der Waals surface area contributed by atoms with Gasteiger partial charge in [-0.05, 0) is 74.0 Å². The Bertz CT molecular complexity index is 1560. The van der Waals surface area contributed by atoms with Crippen LogP contribution >= 0.6 is 0 Å². The van der Waals surface area contributed by atoms with Gasteiger partial charge in [-0.15, -0.1) is 18.3 Å². The van der Waals surface area contributed by atoms with Gasteiger partial charge in [0.15, 0.2) is 5.82 Å². The standard InChI is InChI=1S/C27H24F3N7O2/c1-17-3-12-23(18(2)15-17)37-24(13-14-32-37)34-26(38)33-20-6-4-19(5-7-20)25-31-16-36(35-25)21-8-10-22(11-9-21)39-27(28,29)30/h3-16,26,33-34,38H,1-2H3. The van der Waals surface area contributed by atoms with E-state index in [1.807, 2.05) is 26.0 Å². The average Bonchev–Trinajstić information content (AvgIpc) is 3.54. The molecule has 12 heteroatoms. The maximum absolute atomic E-state index is 12.4. The lowest BCUT2D eigenvalue weighted by Crippen LogP contribution is -2.29. The minimum absolute atomic E-state index is 0.318. The molecule has 0 aliphatic rings. The molecule has 0 saturated carbocycles. The van der Waals surface area contributed by atoms with Crippen molar-refractivity contribution in [3.05, 3.63) is 96.4 Å². The summed E-state index contributed by atoms with van der Waals surface area (Å²) in [5, 5.41) is 25.4. The molecule has 3 N–H and O–H groups in total. The van der Waals surface area contributed by atoms with Crippen molar-refractivity contribution in [1.29, 1.82) is 0 Å². The van der Waals surface area contributed by atoms with Gasteiger partial charge in [0.2, 0.25) is 6.35 Å². The third-order valence-corrected chi connectivity index (χ3v) is 5.78. The van der Waals surface area contributed by atoms with Crippen LogP contribution in [0.1, 0.15) is 11.1 Å². The van der Waals surface area contributed by atoms with Crippen LogP contribution in [0.2, 0.25) is 0 Å². The van der Waals surface area contributed by atoms with Crippen LogP contribution in [-0.4, -0.2) is 42.4 Å². The quantitative estimate of drug-likeness (QED) is 0.228. The molecule has 0 amide bonds. The molecule has 1 atom stereocenters. The number of nitrogens with one attached hydrogen (secondary N) is 2. The second kappa shape index (κ2) is 10.5. The Morgan fingerprint density at radius 3 is 2.36 bits per heavy atom. The molecule has 39 heavy (non-hydrogen) atoms. The predicted molar refractivity (Wildman–Crippen MR) is 140 cm³/mol. The Hall–Kier alpha value is -4.84. The Balaban J connectivity index is 1.22. The van der Waals surface area contributed by atoms with Crippen molar-refractivity contribution in [2.24, 2.45) is 0 Å². The van der Waals surface area contributed by atoms with Crippen LogP contribution in [0.3, 0.4) is 0 Å². The highest BCUT2D eigenvalue weighted by atomic mass is 19.4. The van der Waals surface area contributed by atoms with Crippen molar-refractivity contribution in [2.45, 2.75) is 26.6 Å². The minimum atomic E-state index is -4.75. The molecule has 5 rings (SSSR count). The Kier molecular flexibility index (Phi) is 6.94. The van der Waals surface area contributed by atoms with E-state index in [0.717, 1.165) is 16.8 Å². The first-order valence-electron chi connectivity index (χ1n) is 11.9.